The molecular formula is C18H17N5O2. The van der Waals surface area contributed by atoms with Crippen LogP contribution in [0.25, 0.3) is 21.9 Å². The lowest BCUT2D eigenvalue weighted by Gasteiger charge is -2.11. The normalized spacial score (nSPS) is 11.3. The molecule has 2 aromatic heterocycles. The summed E-state index contributed by atoms with van der Waals surface area (Å²) in [6.45, 7) is 0.468. The molecule has 2 heterocycles. The highest BCUT2D eigenvalue weighted by atomic mass is 16.2. The Morgan fingerprint density at radius 1 is 1.12 bits per heavy atom. The summed E-state index contributed by atoms with van der Waals surface area (Å²) in [5.74, 6) is 0.537. The van der Waals surface area contributed by atoms with E-state index in [1.165, 1.54) is 4.57 Å². The minimum atomic E-state index is -0.477. The van der Waals surface area contributed by atoms with Crippen molar-refractivity contribution in [1.82, 2.24) is 19.1 Å². The lowest BCUT2D eigenvalue weighted by atomic mass is 10.0. The predicted octanol–water partition coefficient (Wildman–Crippen LogP) is 1.67. The van der Waals surface area contributed by atoms with Crippen LogP contribution in [0.2, 0.25) is 0 Å². The van der Waals surface area contributed by atoms with Crippen LogP contribution in [-0.2, 0) is 13.6 Å². The largest absolute Gasteiger partial charge is 0.359 e. The third kappa shape index (κ3) is 2.32. The second-order valence-electron chi connectivity index (χ2n) is 5.90. The van der Waals surface area contributed by atoms with Crippen molar-refractivity contribution in [1.29, 1.82) is 0 Å². The molecule has 25 heavy (non-hydrogen) atoms. The van der Waals surface area contributed by atoms with E-state index >= 15 is 0 Å². The van der Waals surface area contributed by atoms with Crippen molar-refractivity contribution >= 4 is 27.9 Å². The van der Waals surface area contributed by atoms with E-state index in [-0.39, 0.29) is 0 Å². The van der Waals surface area contributed by atoms with Gasteiger partial charge in [0.2, 0.25) is 5.95 Å². The molecule has 2 N–H and O–H groups in total. The van der Waals surface area contributed by atoms with Gasteiger partial charge in [-0.2, -0.15) is 4.98 Å². The molecule has 4 aromatic rings. The maximum absolute atomic E-state index is 12.4. The number of H-pyrrole nitrogens is 1. The Labute approximate surface area is 142 Å². The molecule has 0 aliphatic carbocycles. The summed E-state index contributed by atoms with van der Waals surface area (Å²) in [5, 5.41) is 5.27. The smallest absolute Gasteiger partial charge is 0.329 e. The van der Waals surface area contributed by atoms with Crippen molar-refractivity contribution in [2.75, 3.05) is 12.4 Å². The Morgan fingerprint density at radius 2 is 1.88 bits per heavy atom. The van der Waals surface area contributed by atoms with Gasteiger partial charge < -0.3 is 5.32 Å². The molecule has 0 atom stereocenters. The average Bonchev–Trinajstić information content (AvgIpc) is 2.99. The number of nitrogens with one attached hydrogen (secondary N) is 2. The van der Waals surface area contributed by atoms with Crippen LogP contribution in [0.1, 0.15) is 5.56 Å². The zero-order valence-electron chi connectivity index (χ0n) is 13.9. The zero-order valence-corrected chi connectivity index (χ0v) is 13.9. The summed E-state index contributed by atoms with van der Waals surface area (Å²) < 4.78 is 3.15. The Balaban J connectivity index is 1.99. The van der Waals surface area contributed by atoms with E-state index in [9.17, 15) is 9.59 Å². The Hall–Kier alpha value is -3.35. The first-order valence-corrected chi connectivity index (χ1v) is 7.94. The third-order valence-electron chi connectivity index (χ3n) is 4.44. The fourth-order valence-electron chi connectivity index (χ4n) is 3.18. The number of hydrogen-bond donors (Lipinski definition) is 2. The minimum absolute atomic E-state index is 0.360. The minimum Gasteiger partial charge on any atom is -0.359 e. The van der Waals surface area contributed by atoms with E-state index in [0.717, 1.165) is 16.3 Å². The van der Waals surface area contributed by atoms with Gasteiger partial charge >= 0.3 is 5.69 Å². The van der Waals surface area contributed by atoms with Crippen LogP contribution < -0.4 is 16.6 Å². The molecule has 0 saturated carbocycles. The molecule has 0 aliphatic heterocycles. The highest BCUT2D eigenvalue weighted by Crippen LogP contribution is 2.22. The van der Waals surface area contributed by atoms with Crippen LogP contribution in [0.4, 0.5) is 5.95 Å². The maximum Gasteiger partial charge on any atom is 0.329 e. The fourth-order valence-corrected chi connectivity index (χ4v) is 3.18. The highest BCUT2D eigenvalue weighted by molar-refractivity contribution is 5.86. The van der Waals surface area contributed by atoms with Crippen LogP contribution in [0.5, 0.6) is 0 Å². The summed E-state index contributed by atoms with van der Waals surface area (Å²) in [6, 6.07) is 14.2. The number of imidazole rings is 1. The van der Waals surface area contributed by atoms with Gasteiger partial charge in [-0.15, -0.1) is 0 Å². The van der Waals surface area contributed by atoms with Gasteiger partial charge in [0.05, 0.1) is 6.54 Å². The summed E-state index contributed by atoms with van der Waals surface area (Å²) in [5.41, 5.74) is 0.891. The molecule has 2 aromatic carbocycles. The Kier molecular flexibility index (Phi) is 3.42. The molecule has 0 saturated heterocycles. The molecule has 0 bridgehead atoms. The number of hydrogen-bond acceptors (Lipinski definition) is 4. The molecule has 0 aliphatic rings. The summed E-state index contributed by atoms with van der Waals surface area (Å²) >= 11 is 0. The third-order valence-corrected chi connectivity index (χ3v) is 4.44. The van der Waals surface area contributed by atoms with E-state index in [1.54, 1.807) is 18.7 Å². The van der Waals surface area contributed by atoms with Gasteiger partial charge in [-0.3, -0.25) is 18.9 Å². The maximum atomic E-state index is 12.4. The van der Waals surface area contributed by atoms with Crippen molar-refractivity contribution in [3.63, 3.8) is 0 Å². The van der Waals surface area contributed by atoms with Crippen molar-refractivity contribution in [3.8, 4) is 0 Å². The van der Waals surface area contributed by atoms with E-state index in [2.05, 4.69) is 33.5 Å². The van der Waals surface area contributed by atoms with Gasteiger partial charge in [-0.05, 0) is 16.3 Å². The Bertz CT molecular complexity index is 1210. The summed E-state index contributed by atoms with van der Waals surface area (Å²) in [7, 11) is 3.34. The monoisotopic (exact) mass is 335 g/mol. The first kappa shape index (κ1) is 15.2. The lowest BCUT2D eigenvalue weighted by Crippen LogP contribution is -2.29. The van der Waals surface area contributed by atoms with Gasteiger partial charge in [-0.1, -0.05) is 42.5 Å². The molecule has 4 rings (SSSR count). The quantitative estimate of drug-likeness (QED) is 0.596. The lowest BCUT2D eigenvalue weighted by molar-refractivity contribution is 0.813. The van der Waals surface area contributed by atoms with Gasteiger partial charge in [0.15, 0.2) is 11.2 Å². The van der Waals surface area contributed by atoms with Crippen LogP contribution in [0.3, 0.4) is 0 Å². The number of aromatic amines is 1. The number of nitrogens with zero attached hydrogens (tertiary/aromatic N) is 3. The number of anilines is 1. The molecule has 0 fully saturated rings. The number of aromatic nitrogens is 4. The first-order chi connectivity index (χ1) is 12.1. The summed E-state index contributed by atoms with van der Waals surface area (Å²) in [4.78, 5) is 31.0. The van der Waals surface area contributed by atoms with Crippen LogP contribution in [0, 0.1) is 0 Å². The van der Waals surface area contributed by atoms with Gasteiger partial charge in [0.1, 0.15) is 0 Å². The van der Waals surface area contributed by atoms with Crippen molar-refractivity contribution in [3.05, 3.63) is 68.9 Å². The van der Waals surface area contributed by atoms with Crippen molar-refractivity contribution in [2.24, 2.45) is 7.05 Å². The standard InChI is InChI=1S/C18H17N5O2/c1-19-17-20-15-14(16(24)21-18(25)22(15)2)23(17)10-12-8-5-7-11-6-3-4-9-13(11)12/h3-9H,10H2,1-2H3,(H,19,20)(H,21,24,25). The zero-order chi connectivity index (χ0) is 17.6. The van der Waals surface area contributed by atoms with Crippen LogP contribution in [-0.4, -0.2) is 26.1 Å². The molecule has 0 spiro atoms. The first-order valence-electron chi connectivity index (χ1n) is 7.94. The number of benzene rings is 2. The molecule has 0 radical (unpaired) electrons. The van der Waals surface area contributed by atoms with Gasteiger partial charge in [0, 0.05) is 14.1 Å². The molecule has 126 valence electrons. The van der Waals surface area contributed by atoms with E-state index in [1.807, 2.05) is 24.3 Å². The van der Waals surface area contributed by atoms with Gasteiger partial charge in [-0.25, -0.2) is 4.79 Å². The van der Waals surface area contributed by atoms with E-state index in [0.29, 0.717) is 23.7 Å². The Morgan fingerprint density at radius 3 is 2.68 bits per heavy atom. The second-order valence-corrected chi connectivity index (χ2v) is 5.90. The van der Waals surface area contributed by atoms with Crippen LogP contribution in [0.15, 0.2) is 52.1 Å². The number of rotatable bonds is 3. The van der Waals surface area contributed by atoms with E-state index in [4.69, 9.17) is 0 Å². The molecule has 0 amide bonds. The highest BCUT2D eigenvalue weighted by Gasteiger charge is 2.17. The van der Waals surface area contributed by atoms with E-state index < -0.39 is 11.2 Å². The number of aryl methyl sites for hydroxylation is 1. The van der Waals surface area contributed by atoms with Crippen molar-refractivity contribution in [2.45, 2.75) is 6.54 Å². The predicted molar refractivity (Wildman–Crippen MR) is 98.2 cm³/mol. The SMILES string of the molecule is CNc1nc2c(c(=O)[nH]c(=O)n2C)n1Cc1cccc2ccccc12. The molecule has 7 nitrogen and oxygen atoms in total. The summed E-state index contributed by atoms with van der Waals surface area (Å²) in [6.07, 6.45) is 0. The number of fused-ring (bicyclic) bond motifs is 2. The molecule has 0 unspecified atom stereocenters. The average molecular weight is 335 g/mol. The van der Waals surface area contributed by atoms with Crippen LogP contribution >= 0.6 is 0 Å². The second kappa shape index (κ2) is 5.62. The molecule has 7 heteroatoms. The van der Waals surface area contributed by atoms with Crippen molar-refractivity contribution < 1.29 is 0 Å². The topological polar surface area (TPSA) is 84.7 Å². The van der Waals surface area contributed by atoms with Gasteiger partial charge in [0.25, 0.3) is 5.56 Å². The fraction of sp³-hybridized carbons (Fsp3) is 0.167. The molecular weight excluding hydrogens is 318 g/mol.